The molecule has 0 aromatic heterocycles. The van der Waals surface area contributed by atoms with Gasteiger partial charge in [-0.3, -0.25) is 4.79 Å². The van der Waals surface area contributed by atoms with Gasteiger partial charge < -0.3 is 19.1 Å². The van der Waals surface area contributed by atoms with E-state index in [1.165, 1.54) is 11.1 Å². The van der Waals surface area contributed by atoms with Crippen LogP contribution in [0.1, 0.15) is 36.9 Å². The van der Waals surface area contributed by atoms with Crippen molar-refractivity contribution in [3.8, 4) is 11.5 Å². The molecule has 0 aliphatic carbocycles. The molecule has 4 rings (SSSR count). The minimum atomic E-state index is 0.126. The summed E-state index contributed by atoms with van der Waals surface area (Å²) in [7, 11) is 3.31. The summed E-state index contributed by atoms with van der Waals surface area (Å²) in [5, 5.41) is 0. The number of benzene rings is 1. The topological polar surface area (TPSA) is 48.0 Å². The highest BCUT2D eigenvalue weighted by atomic mass is 16.5. The van der Waals surface area contributed by atoms with Crippen LogP contribution in [0.4, 0.5) is 0 Å². The van der Waals surface area contributed by atoms with Gasteiger partial charge in [-0.25, -0.2) is 0 Å². The summed E-state index contributed by atoms with van der Waals surface area (Å²) in [6.07, 6.45) is 2.73. The molecule has 1 amide bonds. The molecule has 0 bridgehead atoms. The summed E-state index contributed by atoms with van der Waals surface area (Å²) in [6.45, 7) is 3.37. The Labute approximate surface area is 142 Å². The Balaban J connectivity index is 1.77. The molecule has 0 unspecified atom stereocenters. The normalized spacial score (nSPS) is 25.5. The fourth-order valence-corrected chi connectivity index (χ4v) is 4.37. The van der Waals surface area contributed by atoms with Gasteiger partial charge in [0.1, 0.15) is 5.76 Å². The van der Waals surface area contributed by atoms with Crippen LogP contribution in [-0.2, 0) is 16.0 Å². The minimum absolute atomic E-state index is 0.126. The minimum Gasteiger partial charge on any atom is -0.498 e. The summed E-state index contributed by atoms with van der Waals surface area (Å²) >= 11 is 0. The van der Waals surface area contributed by atoms with Crippen molar-refractivity contribution in [1.29, 1.82) is 0 Å². The van der Waals surface area contributed by atoms with Crippen molar-refractivity contribution in [1.82, 2.24) is 4.90 Å². The first-order valence-corrected chi connectivity index (χ1v) is 8.53. The Bertz CT molecular complexity index is 724. The predicted molar refractivity (Wildman–Crippen MR) is 89.1 cm³/mol. The molecular formula is C19H23NO4. The second-order valence-electron chi connectivity index (χ2n) is 6.71. The number of hydrogen-bond donors (Lipinski definition) is 0. The van der Waals surface area contributed by atoms with E-state index in [0.29, 0.717) is 12.5 Å². The van der Waals surface area contributed by atoms with Gasteiger partial charge >= 0.3 is 0 Å². The fourth-order valence-electron chi connectivity index (χ4n) is 4.37. The largest absolute Gasteiger partial charge is 0.498 e. The number of piperidine rings is 1. The van der Waals surface area contributed by atoms with Crippen LogP contribution in [0.25, 0.3) is 0 Å². The number of allylic oxidation sites excluding steroid dienone is 1. The maximum Gasteiger partial charge on any atom is 0.253 e. The SMILES string of the molecule is COc1cc2c(cc1OC)[C@@H]1C[C@@H]3CCOC(C)=C3C(=O)N1CC2. The zero-order chi connectivity index (χ0) is 16.8. The molecule has 3 heterocycles. The first-order chi connectivity index (χ1) is 11.6. The molecule has 1 fully saturated rings. The van der Waals surface area contributed by atoms with Gasteiger partial charge in [0.2, 0.25) is 0 Å². The van der Waals surface area contributed by atoms with Crippen LogP contribution in [0, 0.1) is 5.92 Å². The van der Waals surface area contributed by atoms with E-state index < -0.39 is 0 Å². The Hall–Kier alpha value is -2.17. The standard InChI is InChI=1S/C19H23NO4/c1-11-18-13(5-7-24-11)8-15-14-10-17(23-3)16(22-2)9-12(14)4-6-20(15)19(18)21/h9-10,13,15H,4-8H2,1-3H3/t13-,15-/m0/s1. The number of nitrogens with zero attached hydrogens (tertiary/aromatic N) is 1. The van der Waals surface area contributed by atoms with Gasteiger partial charge in [-0.1, -0.05) is 0 Å². The molecule has 1 aromatic rings. The van der Waals surface area contributed by atoms with Crippen molar-refractivity contribution in [3.63, 3.8) is 0 Å². The van der Waals surface area contributed by atoms with E-state index in [2.05, 4.69) is 12.1 Å². The predicted octanol–water partition coefficient (Wildman–Crippen LogP) is 2.84. The average molecular weight is 329 g/mol. The number of rotatable bonds is 2. The second kappa shape index (κ2) is 5.72. The van der Waals surface area contributed by atoms with Crippen molar-refractivity contribution in [2.75, 3.05) is 27.4 Å². The third-order valence-electron chi connectivity index (χ3n) is 5.57. The molecule has 0 saturated carbocycles. The molecule has 5 nitrogen and oxygen atoms in total. The summed E-state index contributed by atoms with van der Waals surface area (Å²) in [5.74, 6) is 2.75. The van der Waals surface area contributed by atoms with Gasteiger partial charge in [-0.2, -0.15) is 0 Å². The first kappa shape index (κ1) is 15.4. The van der Waals surface area contributed by atoms with Crippen molar-refractivity contribution in [2.24, 2.45) is 5.92 Å². The number of hydrogen-bond acceptors (Lipinski definition) is 4. The lowest BCUT2D eigenvalue weighted by Crippen LogP contribution is -2.47. The molecule has 5 heteroatoms. The quantitative estimate of drug-likeness (QED) is 0.837. The van der Waals surface area contributed by atoms with E-state index in [4.69, 9.17) is 14.2 Å². The van der Waals surface area contributed by atoms with Crippen molar-refractivity contribution in [2.45, 2.75) is 32.2 Å². The van der Waals surface area contributed by atoms with Crippen LogP contribution in [0.5, 0.6) is 11.5 Å². The van der Waals surface area contributed by atoms with E-state index in [1.54, 1.807) is 14.2 Å². The number of ether oxygens (including phenoxy) is 3. The summed E-state index contributed by atoms with van der Waals surface area (Å²) < 4.78 is 16.5. The molecular weight excluding hydrogens is 306 g/mol. The van der Waals surface area contributed by atoms with E-state index in [1.807, 2.05) is 11.8 Å². The third kappa shape index (κ3) is 2.18. The summed E-state index contributed by atoms with van der Waals surface area (Å²) in [5.41, 5.74) is 3.36. The van der Waals surface area contributed by atoms with E-state index in [0.717, 1.165) is 48.6 Å². The molecule has 0 N–H and O–H groups in total. The molecule has 3 aliphatic heterocycles. The fraction of sp³-hybridized carbons (Fsp3) is 0.526. The Morgan fingerprint density at radius 2 is 1.96 bits per heavy atom. The lowest BCUT2D eigenvalue weighted by molar-refractivity contribution is -0.134. The summed E-state index contributed by atoms with van der Waals surface area (Å²) in [4.78, 5) is 15.0. The molecule has 3 aliphatic rings. The number of amides is 1. The smallest absolute Gasteiger partial charge is 0.253 e. The van der Waals surface area contributed by atoms with Gasteiger partial charge in [0.15, 0.2) is 11.5 Å². The Kier molecular flexibility index (Phi) is 3.66. The van der Waals surface area contributed by atoms with Gasteiger partial charge in [-0.15, -0.1) is 0 Å². The highest BCUT2D eigenvalue weighted by Gasteiger charge is 2.43. The zero-order valence-corrected chi connectivity index (χ0v) is 14.4. The number of methoxy groups -OCH3 is 2. The van der Waals surface area contributed by atoms with Crippen LogP contribution in [0.15, 0.2) is 23.5 Å². The molecule has 0 radical (unpaired) electrons. The monoisotopic (exact) mass is 329 g/mol. The highest BCUT2D eigenvalue weighted by Crippen LogP contribution is 2.47. The number of carbonyl (C=O) groups is 1. The lowest BCUT2D eigenvalue weighted by Gasteiger charge is -2.45. The lowest BCUT2D eigenvalue weighted by atomic mass is 9.77. The molecule has 0 spiro atoms. The number of carbonyl (C=O) groups excluding carboxylic acids is 1. The zero-order valence-electron chi connectivity index (χ0n) is 14.4. The van der Waals surface area contributed by atoms with Crippen LogP contribution in [0.3, 0.4) is 0 Å². The molecule has 1 saturated heterocycles. The van der Waals surface area contributed by atoms with Crippen LogP contribution >= 0.6 is 0 Å². The maximum atomic E-state index is 13.0. The van der Waals surface area contributed by atoms with E-state index in [-0.39, 0.29) is 11.9 Å². The maximum absolute atomic E-state index is 13.0. The van der Waals surface area contributed by atoms with Crippen molar-refractivity contribution >= 4 is 5.91 Å². The van der Waals surface area contributed by atoms with Gasteiger partial charge in [0, 0.05) is 6.54 Å². The number of fused-ring (bicyclic) bond motifs is 4. The third-order valence-corrected chi connectivity index (χ3v) is 5.57. The Morgan fingerprint density at radius 3 is 2.71 bits per heavy atom. The second-order valence-corrected chi connectivity index (χ2v) is 6.71. The molecule has 128 valence electrons. The van der Waals surface area contributed by atoms with Crippen molar-refractivity contribution in [3.05, 3.63) is 34.6 Å². The molecule has 2 atom stereocenters. The molecule has 1 aromatic carbocycles. The van der Waals surface area contributed by atoms with Crippen LogP contribution in [0.2, 0.25) is 0 Å². The van der Waals surface area contributed by atoms with Gasteiger partial charge in [0.25, 0.3) is 5.91 Å². The van der Waals surface area contributed by atoms with Crippen molar-refractivity contribution < 1.29 is 19.0 Å². The highest BCUT2D eigenvalue weighted by molar-refractivity contribution is 5.96. The average Bonchev–Trinajstić information content (AvgIpc) is 2.60. The van der Waals surface area contributed by atoms with Crippen LogP contribution in [-0.4, -0.2) is 38.2 Å². The summed E-state index contributed by atoms with van der Waals surface area (Å²) in [6, 6.07) is 4.25. The van der Waals surface area contributed by atoms with E-state index >= 15 is 0 Å². The van der Waals surface area contributed by atoms with Gasteiger partial charge in [-0.05, 0) is 55.4 Å². The van der Waals surface area contributed by atoms with E-state index in [9.17, 15) is 4.79 Å². The molecule has 24 heavy (non-hydrogen) atoms. The first-order valence-electron chi connectivity index (χ1n) is 8.53. The Morgan fingerprint density at radius 1 is 1.21 bits per heavy atom. The van der Waals surface area contributed by atoms with Crippen LogP contribution < -0.4 is 9.47 Å². The van der Waals surface area contributed by atoms with Gasteiger partial charge in [0.05, 0.1) is 32.4 Å².